The molecule has 1 aromatic rings. The number of ether oxygens (including phenoxy) is 1. The van der Waals surface area contributed by atoms with E-state index in [0.717, 1.165) is 6.54 Å². The van der Waals surface area contributed by atoms with Crippen LogP contribution in [-0.2, 0) is 9.53 Å². The fourth-order valence-corrected chi connectivity index (χ4v) is 1.41. The standard InChI is InChI=1S/C13H18N2O3/c1-3-14-9-8-12(16)15-11-6-4-10(5-7-11)13(17)18-2/h4-7,14H,3,8-9H2,1-2H3,(H,15,16). The minimum absolute atomic E-state index is 0.0539. The first-order valence-corrected chi connectivity index (χ1v) is 5.86. The maximum Gasteiger partial charge on any atom is 0.337 e. The van der Waals surface area contributed by atoms with Gasteiger partial charge in [0, 0.05) is 18.7 Å². The van der Waals surface area contributed by atoms with E-state index < -0.39 is 0 Å². The Morgan fingerprint density at radius 1 is 1.22 bits per heavy atom. The van der Waals surface area contributed by atoms with Gasteiger partial charge in [0.1, 0.15) is 0 Å². The largest absolute Gasteiger partial charge is 0.465 e. The highest BCUT2D eigenvalue weighted by molar-refractivity contribution is 5.93. The number of amides is 1. The van der Waals surface area contributed by atoms with Gasteiger partial charge in [-0.1, -0.05) is 6.92 Å². The molecule has 1 amide bonds. The molecule has 0 unspecified atom stereocenters. The molecule has 0 bridgehead atoms. The molecule has 0 fully saturated rings. The Morgan fingerprint density at radius 2 is 1.89 bits per heavy atom. The van der Waals surface area contributed by atoms with Crippen molar-refractivity contribution < 1.29 is 14.3 Å². The van der Waals surface area contributed by atoms with Gasteiger partial charge < -0.3 is 15.4 Å². The average Bonchev–Trinajstić information content (AvgIpc) is 2.39. The Morgan fingerprint density at radius 3 is 2.44 bits per heavy atom. The molecular weight excluding hydrogens is 232 g/mol. The summed E-state index contributed by atoms with van der Waals surface area (Å²) in [4.78, 5) is 22.7. The van der Waals surface area contributed by atoms with Gasteiger partial charge in [0.2, 0.25) is 5.91 Å². The van der Waals surface area contributed by atoms with Crippen LogP contribution in [0, 0.1) is 0 Å². The number of methoxy groups -OCH3 is 1. The molecule has 5 nitrogen and oxygen atoms in total. The van der Waals surface area contributed by atoms with Crippen LogP contribution in [-0.4, -0.2) is 32.1 Å². The van der Waals surface area contributed by atoms with Crippen LogP contribution < -0.4 is 10.6 Å². The second kappa shape index (κ2) is 7.45. The molecule has 0 radical (unpaired) electrons. The van der Waals surface area contributed by atoms with Crippen LogP contribution in [0.25, 0.3) is 0 Å². The zero-order chi connectivity index (χ0) is 13.4. The topological polar surface area (TPSA) is 67.4 Å². The van der Waals surface area contributed by atoms with E-state index in [0.29, 0.717) is 24.2 Å². The number of hydrogen-bond acceptors (Lipinski definition) is 4. The van der Waals surface area contributed by atoms with E-state index >= 15 is 0 Å². The summed E-state index contributed by atoms with van der Waals surface area (Å²) in [5.74, 6) is -0.443. The number of rotatable bonds is 6. The van der Waals surface area contributed by atoms with Crippen molar-refractivity contribution in [1.82, 2.24) is 5.32 Å². The van der Waals surface area contributed by atoms with E-state index in [4.69, 9.17) is 0 Å². The molecule has 1 rings (SSSR count). The van der Waals surface area contributed by atoms with Gasteiger partial charge >= 0.3 is 5.97 Å². The van der Waals surface area contributed by atoms with Crippen LogP contribution in [0.3, 0.4) is 0 Å². The molecule has 0 heterocycles. The van der Waals surface area contributed by atoms with E-state index in [1.165, 1.54) is 7.11 Å². The van der Waals surface area contributed by atoms with Crippen molar-refractivity contribution >= 4 is 17.6 Å². The number of anilines is 1. The minimum atomic E-state index is -0.389. The van der Waals surface area contributed by atoms with Crippen molar-refractivity contribution in [3.63, 3.8) is 0 Å². The highest BCUT2D eigenvalue weighted by Gasteiger charge is 2.05. The summed E-state index contributed by atoms with van der Waals surface area (Å²) in [7, 11) is 1.33. The molecule has 0 saturated heterocycles. The van der Waals surface area contributed by atoms with Crippen LogP contribution in [0.15, 0.2) is 24.3 Å². The van der Waals surface area contributed by atoms with Gasteiger partial charge in [0.25, 0.3) is 0 Å². The second-order valence-electron chi connectivity index (χ2n) is 3.72. The molecule has 0 aliphatic rings. The van der Waals surface area contributed by atoms with Crippen molar-refractivity contribution in [2.45, 2.75) is 13.3 Å². The van der Waals surface area contributed by atoms with E-state index in [2.05, 4.69) is 15.4 Å². The predicted molar refractivity (Wildman–Crippen MR) is 69.6 cm³/mol. The van der Waals surface area contributed by atoms with Gasteiger partial charge in [-0.2, -0.15) is 0 Å². The Kier molecular flexibility index (Phi) is 5.87. The van der Waals surface area contributed by atoms with Gasteiger partial charge in [0.15, 0.2) is 0 Å². The summed E-state index contributed by atoms with van der Waals surface area (Å²) in [6, 6.07) is 6.59. The average molecular weight is 250 g/mol. The maximum absolute atomic E-state index is 11.5. The van der Waals surface area contributed by atoms with Gasteiger partial charge in [-0.3, -0.25) is 4.79 Å². The summed E-state index contributed by atoms with van der Waals surface area (Å²) in [6.45, 7) is 3.49. The summed E-state index contributed by atoms with van der Waals surface area (Å²) in [6.07, 6.45) is 0.423. The third kappa shape index (κ3) is 4.55. The predicted octanol–water partition coefficient (Wildman–Crippen LogP) is 1.41. The first-order chi connectivity index (χ1) is 8.67. The second-order valence-corrected chi connectivity index (χ2v) is 3.72. The molecule has 0 aliphatic heterocycles. The number of carbonyl (C=O) groups excluding carboxylic acids is 2. The summed E-state index contributed by atoms with van der Waals surface area (Å²) in [5, 5.41) is 5.83. The monoisotopic (exact) mass is 250 g/mol. The van der Waals surface area contributed by atoms with Gasteiger partial charge in [-0.05, 0) is 30.8 Å². The Labute approximate surface area is 107 Å². The Balaban J connectivity index is 2.48. The SMILES string of the molecule is CCNCCC(=O)Nc1ccc(C(=O)OC)cc1. The fraction of sp³-hybridized carbons (Fsp3) is 0.385. The van der Waals surface area contributed by atoms with Crippen LogP contribution in [0.2, 0.25) is 0 Å². The minimum Gasteiger partial charge on any atom is -0.465 e. The van der Waals surface area contributed by atoms with E-state index in [1.54, 1.807) is 24.3 Å². The zero-order valence-corrected chi connectivity index (χ0v) is 10.7. The maximum atomic E-state index is 11.5. The molecule has 2 N–H and O–H groups in total. The van der Waals surface area contributed by atoms with Crippen LogP contribution >= 0.6 is 0 Å². The smallest absolute Gasteiger partial charge is 0.337 e. The fourth-order valence-electron chi connectivity index (χ4n) is 1.41. The van der Waals surface area contributed by atoms with E-state index in [-0.39, 0.29) is 11.9 Å². The molecule has 0 aromatic heterocycles. The number of esters is 1. The van der Waals surface area contributed by atoms with Crippen molar-refractivity contribution in [3.8, 4) is 0 Å². The molecule has 18 heavy (non-hydrogen) atoms. The number of carbonyl (C=O) groups is 2. The van der Waals surface area contributed by atoms with Gasteiger partial charge in [-0.15, -0.1) is 0 Å². The lowest BCUT2D eigenvalue weighted by molar-refractivity contribution is -0.116. The van der Waals surface area contributed by atoms with E-state index in [9.17, 15) is 9.59 Å². The van der Waals surface area contributed by atoms with Crippen LogP contribution in [0.1, 0.15) is 23.7 Å². The molecule has 5 heteroatoms. The number of nitrogens with one attached hydrogen (secondary N) is 2. The van der Waals surface area contributed by atoms with Gasteiger partial charge in [0.05, 0.1) is 12.7 Å². The lowest BCUT2D eigenvalue weighted by atomic mass is 10.2. The van der Waals surface area contributed by atoms with Crippen molar-refractivity contribution in [1.29, 1.82) is 0 Å². The molecule has 1 aromatic carbocycles. The number of hydrogen-bond donors (Lipinski definition) is 2. The zero-order valence-electron chi connectivity index (χ0n) is 10.7. The highest BCUT2D eigenvalue weighted by Crippen LogP contribution is 2.10. The number of benzene rings is 1. The van der Waals surface area contributed by atoms with Crippen LogP contribution in [0.4, 0.5) is 5.69 Å². The quantitative estimate of drug-likeness (QED) is 0.591. The van der Waals surface area contributed by atoms with Crippen LogP contribution in [0.5, 0.6) is 0 Å². The normalized spacial score (nSPS) is 9.89. The summed E-state index contributed by atoms with van der Waals surface area (Å²) in [5.41, 5.74) is 1.13. The van der Waals surface area contributed by atoms with Crippen molar-refractivity contribution in [2.75, 3.05) is 25.5 Å². The summed E-state index contributed by atoms with van der Waals surface area (Å²) < 4.78 is 4.59. The Bertz CT molecular complexity index is 401. The third-order valence-corrected chi connectivity index (χ3v) is 2.37. The third-order valence-electron chi connectivity index (χ3n) is 2.37. The first-order valence-electron chi connectivity index (χ1n) is 5.86. The molecule has 0 spiro atoms. The molecule has 98 valence electrons. The molecular formula is C13H18N2O3. The van der Waals surface area contributed by atoms with E-state index in [1.807, 2.05) is 6.92 Å². The highest BCUT2D eigenvalue weighted by atomic mass is 16.5. The molecule has 0 aliphatic carbocycles. The van der Waals surface area contributed by atoms with Crippen molar-refractivity contribution in [2.24, 2.45) is 0 Å². The lowest BCUT2D eigenvalue weighted by Crippen LogP contribution is -2.21. The molecule has 0 saturated carbocycles. The lowest BCUT2D eigenvalue weighted by Gasteiger charge is -2.06. The van der Waals surface area contributed by atoms with Gasteiger partial charge in [-0.25, -0.2) is 4.79 Å². The first kappa shape index (κ1) is 14.2. The van der Waals surface area contributed by atoms with Crippen molar-refractivity contribution in [3.05, 3.63) is 29.8 Å². The Hall–Kier alpha value is -1.88. The summed E-state index contributed by atoms with van der Waals surface area (Å²) >= 11 is 0. The molecule has 0 atom stereocenters.